The Labute approximate surface area is 168 Å². The minimum atomic E-state index is -4.33. The van der Waals surface area contributed by atoms with Gasteiger partial charge in [-0.25, -0.2) is 8.42 Å². The lowest BCUT2D eigenvalue weighted by molar-refractivity contribution is -0.128. The van der Waals surface area contributed by atoms with Crippen LogP contribution in [0.3, 0.4) is 0 Å². The standard InChI is InChI=1S/C10H16O4S.C10H21OS/c1-9(2)7-3-4-10(9,8(11)5-7)6-15(12,13)14;1-4-7-8-10(11)9-12(5-2)6-3/h7H,3-6H2,1-2H3,(H,12,13,14);4-9H2,1-3H3/q;+1/p-1. The maximum absolute atomic E-state index is 11.8. The summed E-state index contributed by atoms with van der Waals surface area (Å²) in [6, 6.07) is 0. The summed E-state index contributed by atoms with van der Waals surface area (Å²) in [6.45, 7) is 10.3. The van der Waals surface area contributed by atoms with E-state index in [1.54, 1.807) is 0 Å². The summed E-state index contributed by atoms with van der Waals surface area (Å²) in [4.78, 5) is 23.2. The van der Waals surface area contributed by atoms with Crippen molar-refractivity contribution < 1.29 is 22.6 Å². The van der Waals surface area contributed by atoms with E-state index in [-0.39, 0.29) is 17.1 Å². The van der Waals surface area contributed by atoms with Crippen LogP contribution in [0.1, 0.15) is 73.1 Å². The summed E-state index contributed by atoms with van der Waals surface area (Å²) in [5, 5.41) is 0. The van der Waals surface area contributed by atoms with Crippen LogP contribution in [0, 0.1) is 16.7 Å². The molecular weight excluding hydrogens is 384 g/mol. The zero-order valence-corrected chi connectivity index (χ0v) is 19.1. The third kappa shape index (κ3) is 6.04. The van der Waals surface area contributed by atoms with E-state index in [0.717, 1.165) is 31.4 Å². The van der Waals surface area contributed by atoms with Gasteiger partial charge in [-0.05, 0) is 55.3 Å². The van der Waals surface area contributed by atoms with Crippen molar-refractivity contribution in [2.45, 2.75) is 73.1 Å². The van der Waals surface area contributed by atoms with Crippen LogP contribution < -0.4 is 0 Å². The molecule has 0 amide bonds. The number of rotatable bonds is 9. The molecule has 0 N–H and O–H groups in total. The molecule has 0 aromatic carbocycles. The number of unbranched alkanes of at least 4 members (excludes halogenated alkanes) is 1. The Morgan fingerprint density at radius 2 is 1.81 bits per heavy atom. The molecule has 0 aromatic heterocycles. The van der Waals surface area contributed by atoms with E-state index in [9.17, 15) is 22.6 Å². The topological polar surface area (TPSA) is 91.3 Å². The van der Waals surface area contributed by atoms with Gasteiger partial charge in [-0.3, -0.25) is 9.59 Å². The van der Waals surface area contributed by atoms with Crippen molar-refractivity contribution >= 4 is 32.6 Å². The average Bonchev–Trinajstić information content (AvgIpc) is 2.91. The molecule has 0 spiro atoms. The first-order valence-corrected chi connectivity index (χ1v) is 13.4. The van der Waals surface area contributed by atoms with Gasteiger partial charge in [0, 0.05) is 18.3 Å². The Morgan fingerprint density at radius 3 is 2.19 bits per heavy atom. The molecule has 7 heteroatoms. The molecule has 2 aliphatic carbocycles. The minimum Gasteiger partial charge on any atom is -0.748 e. The fourth-order valence-electron chi connectivity index (χ4n) is 4.49. The maximum atomic E-state index is 11.8. The van der Waals surface area contributed by atoms with Crippen molar-refractivity contribution in [3.05, 3.63) is 0 Å². The van der Waals surface area contributed by atoms with E-state index >= 15 is 0 Å². The van der Waals surface area contributed by atoms with Crippen LogP contribution in [0.5, 0.6) is 0 Å². The van der Waals surface area contributed by atoms with Gasteiger partial charge in [0.2, 0.25) is 0 Å². The first kappa shape index (κ1) is 24.6. The van der Waals surface area contributed by atoms with Gasteiger partial charge in [0.05, 0.1) is 15.9 Å². The Morgan fingerprint density at radius 1 is 1.22 bits per heavy atom. The molecule has 5 nitrogen and oxygen atoms in total. The van der Waals surface area contributed by atoms with Gasteiger partial charge in [0.25, 0.3) is 0 Å². The van der Waals surface area contributed by atoms with Crippen LogP contribution in [0.25, 0.3) is 0 Å². The lowest BCUT2D eigenvalue weighted by Gasteiger charge is -2.37. The second kappa shape index (κ2) is 9.88. The van der Waals surface area contributed by atoms with E-state index in [0.29, 0.717) is 29.5 Å². The maximum Gasteiger partial charge on any atom is 0.181 e. The van der Waals surface area contributed by atoms with Crippen molar-refractivity contribution in [1.29, 1.82) is 0 Å². The first-order chi connectivity index (χ1) is 12.4. The van der Waals surface area contributed by atoms with Crippen LogP contribution >= 0.6 is 0 Å². The van der Waals surface area contributed by atoms with Crippen LogP contribution in [-0.2, 0) is 30.6 Å². The predicted molar refractivity (Wildman–Crippen MR) is 111 cm³/mol. The molecule has 27 heavy (non-hydrogen) atoms. The molecule has 2 unspecified atom stereocenters. The van der Waals surface area contributed by atoms with Gasteiger partial charge in [-0.2, -0.15) is 0 Å². The number of hydrogen-bond donors (Lipinski definition) is 0. The molecule has 0 aromatic rings. The predicted octanol–water partition coefficient (Wildman–Crippen LogP) is 3.33. The number of fused-ring (bicyclic) bond motifs is 2. The number of Topliss-reactive ketones (excluding diaryl/α,β-unsaturated/α-hetero) is 2. The molecular formula is C20H36O5S2. The summed E-state index contributed by atoms with van der Waals surface area (Å²) in [6.07, 6.45) is 4.89. The SMILES string of the molecule is CC1(C)C2CCC1(CS(=O)(=O)[O-])C(=O)C2.CCCCC(=O)C[S+](CC)CC. The van der Waals surface area contributed by atoms with Gasteiger partial charge in [0.15, 0.2) is 11.5 Å². The molecule has 2 atom stereocenters. The van der Waals surface area contributed by atoms with Crippen LogP contribution in [0.2, 0.25) is 0 Å². The van der Waals surface area contributed by atoms with Crippen LogP contribution in [0.15, 0.2) is 0 Å². The summed E-state index contributed by atoms with van der Waals surface area (Å²) in [7, 11) is -3.95. The van der Waals surface area contributed by atoms with Crippen molar-refractivity contribution in [2.75, 3.05) is 23.0 Å². The number of carbonyl (C=O) groups excluding carboxylic acids is 2. The van der Waals surface area contributed by atoms with Crippen molar-refractivity contribution in [3.63, 3.8) is 0 Å². The fourth-order valence-corrected chi connectivity index (χ4v) is 7.19. The highest BCUT2D eigenvalue weighted by molar-refractivity contribution is 7.97. The lowest BCUT2D eigenvalue weighted by atomic mass is 9.70. The van der Waals surface area contributed by atoms with E-state index in [1.807, 2.05) is 13.8 Å². The molecule has 0 aliphatic heterocycles. The largest absolute Gasteiger partial charge is 0.748 e. The second-order valence-corrected chi connectivity index (χ2v) is 12.4. The molecule has 2 aliphatic rings. The second-order valence-electron chi connectivity index (χ2n) is 8.34. The molecule has 2 fully saturated rings. The van der Waals surface area contributed by atoms with Crippen LogP contribution in [-0.4, -0.2) is 47.5 Å². The average molecular weight is 421 g/mol. The van der Waals surface area contributed by atoms with E-state index in [2.05, 4.69) is 20.8 Å². The van der Waals surface area contributed by atoms with Gasteiger partial charge in [0.1, 0.15) is 17.3 Å². The Balaban J connectivity index is 0.000000279. The van der Waals surface area contributed by atoms with Crippen molar-refractivity contribution in [3.8, 4) is 0 Å². The van der Waals surface area contributed by atoms with E-state index in [1.165, 1.54) is 11.5 Å². The van der Waals surface area contributed by atoms with Crippen LogP contribution in [0.4, 0.5) is 0 Å². The normalized spacial score (nSPS) is 26.2. The number of ketones is 2. The first-order valence-electron chi connectivity index (χ1n) is 10.1. The lowest BCUT2D eigenvalue weighted by Crippen LogP contribution is -2.42. The summed E-state index contributed by atoms with van der Waals surface area (Å²) in [5.41, 5.74) is -1.22. The third-order valence-corrected chi connectivity index (χ3v) is 9.76. The summed E-state index contributed by atoms with van der Waals surface area (Å²) < 4.78 is 32.7. The van der Waals surface area contributed by atoms with Gasteiger partial charge < -0.3 is 4.55 Å². The molecule has 0 heterocycles. The zero-order chi connectivity index (χ0) is 20.9. The Kier molecular flexibility index (Phi) is 9.01. The van der Waals surface area contributed by atoms with Crippen molar-refractivity contribution in [2.24, 2.45) is 16.7 Å². The van der Waals surface area contributed by atoms with Gasteiger partial charge >= 0.3 is 0 Å². The Bertz CT molecular complexity index is 622. The third-order valence-electron chi connectivity index (χ3n) is 6.55. The summed E-state index contributed by atoms with van der Waals surface area (Å²) in [5.74, 6) is 3.39. The van der Waals surface area contributed by atoms with Crippen molar-refractivity contribution in [1.82, 2.24) is 0 Å². The van der Waals surface area contributed by atoms with E-state index in [4.69, 9.17) is 0 Å². The highest BCUT2D eigenvalue weighted by Gasteiger charge is 2.64. The van der Waals surface area contributed by atoms with Gasteiger partial charge in [-0.15, -0.1) is 0 Å². The number of carbonyl (C=O) groups is 2. The molecule has 2 rings (SSSR count). The Hall–Kier alpha value is -0.400. The van der Waals surface area contributed by atoms with Gasteiger partial charge in [-0.1, -0.05) is 27.2 Å². The number of hydrogen-bond acceptors (Lipinski definition) is 5. The highest BCUT2D eigenvalue weighted by Crippen LogP contribution is 2.64. The molecule has 158 valence electrons. The molecule has 0 radical (unpaired) electrons. The monoisotopic (exact) mass is 420 g/mol. The fraction of sp³-hybridized carbons (Fsp3) is 0.900. The molecule has 2 bridgehead atoms. The summed E-state index contributed by atoms with van der Waals surface area (Å²) >= 11 is 0. The zero-order valence-electron chi connectivity index (χ0n) is 17.5. The molecule has 0 saturated heterocycles. The smallest absolute Gasteiger partial charge is 0.181 e. The highest BCUT2D eigenvalue weighted by atomic mass is 32.2. The van der Waals surface area contributed by atoms with E-state index < -0.39 is 21.3 Å². The minimum absolute atomic E-state index is 0.0248. The molecule has 2 saturated carbocycles. The quantitative estimate of drug-likeness (QED) is 0.421.